The molecule has 0 bridgehead atoms. The molecule has 8 heteroatoms. The van der Waals surface area contributed by atoms with Crippen molar-refractivity contribution in [2.75, 3.05) is 5.75 Å². The maximum Gasteiger partial charge on any atom is 0.312 e. The second-order valence-electron chi connectivity index (χ2n) is 4.36. The molecule has 2 heterocycles. The van der Waals surface area contributed by atoms with E-state index >= 15 is 0 Å². The first-order chi connectivity index (χ1) is 8.47. The van der Waals surface area contributed by atoms with Crippen LogP contribution < -0.4 is 0 Å². The van der Waals surface area contributed by atoms with Crippen LogP contribution in [0.4, 0.5) is 0 Å². The molecule has 2 rings (SSSR count). The van der Waals surface area contributed by atoms with Crippen LogP contribution in [-0.2, 0) is 27.5 Å². The highest BCUT2D eigenvalue weighted by molar-refractivity contribution is 7.92. The fourth-order valence-corrected chi connectivity index (χ4v) is 3.90. The van der Waals surface area contributed by atoms with Gasteiger partial charge in [0.05, 0.1) is 11.0 Å². The summed E-state index contributed by atoms with van der Waals surface area (Å²) < 4.78 is 28.3. The van der Waals surface area contributed by atoms with Gasteiger partial charge in [-0.3, -0.25) is 4.79 Å². The Morgan fingerprint density at radius 2 is 2.22 bits per heavy atom. The fraction of sp³-hybridized carbons (Fsp3) is 0.700. The molecular formula is C10H14N2O5S. The Bertz CT molecular complexity index is 536. The van der Waals surface area contributed by atoms with Crippen LogP contribution in [0.1, 0.15) is 31.0 Å². The summed E-state index contributed by atoms with van der Waals surface area (Å²) in [5.74, 6) is -0.583. The molecule has 0 saturated carbocycles. The Morgan fingerprint density at radius 3 is 2.89 bits per heavy atom. The first-order valence-corrected chi connectivity index (χ1v) is 7.44. The Morgan fingerprint density at radius 1 is 1.44 bits per heavy atom. The van der Waals surface area contributed by atoms with E-state index in [4.69, 9.17) is 9.63 Å². The molecule has 1 saturated heterocycles. The number of aromatic nitrogens is 2. The van der Waals surface area contributed by atoms with Gasteiger partial charge in [-0.05, 0) is 12.8 Å². The molecule has 0 aromatic carbocycles. The minimum absolute atomic E-state index is 0.00528. The number of sulfone groups is 1. The van der Waals surface area contributed by atoms with E-state index in [1.807, 2.05) is 0 Å². The molecule has 1 atom stereocenters. The molecule has 1 aliphatic heterocycles. The SMILES string of the molecule is O=C(O)Cc1nc(CC2CCCCS2(=O)=O)no1. The maximum absolute atomic E-state index is 11.8. The third-order valence-electron chi connectivity index (χ3n) is 2.94. The van der Waals surface area contributed by atoms with Gasteiger partial charge in [0.1, 0.15) is 6.42 Å². The molecule has 1 N–H and O–H groups in total. The number of carboxylic acids is 1. The van der Waals surface area contributed by atoms with E-state index in [0.717, 1.165) is 6.42 Å². The normalized spacial score (nSPS) is 22.8. The van der Waals surface area contributed by atoms with E-state index in [2.05, 4.69) is 10.1 Å². The summed E-state index contributed by atoms with van der Waals surface area (Å²) in [6.45, 7) is 0. The van der Waals surface area contributed by atoms with E-state index in [9.17, 15) is 13.2 Å². The number of carbonyl (C=O) groups is 1. The summed E-state index contributed by atoms with van der Waals surface area (Å²) in [5.41, 5.74) is 0. The van der Waals surface area contributed by atoms with Crippen LogP contribution in [0.2, 0.25) is 0 Å². The molecule has 7 nitrogen and oxygen atoms in total. The summed E-state index contributed by atoms with van der Waals surface area (Å²) in [6, 6.07) is 0. The topological polar surface area (TPSA) is 110 Å². The Labute approximate surface area is 104 Å². The van der Waals surface area contributed by atoms with Crippen molar-refractivity contribution < 1.29 is 22.8 Å². The first-order valence-electron chi connectivity index (χ1n) is 5.72. The van der Waals surface area contributed by atoms with Crippen molar-refractivity contribution in [2.45, 2.75) is 37.4 Å². The predicted molar refractivity (Wildman–Crippen MR) is 60.8 cm³/mol. The summed E-state index contributed by atoms with van der Waals surface area (Å²) in [5, 5.41) is 11.7. The van der Waals surface area contributed by atoms with Gasteiger partial charge in [0, 0.05) is 6.42 Å². The van der Waals surface area contributed by atoms with Crippen LogP contribution >= 0.6 is 0 Å². The third kappa shape index (κ3) is 3.06. The molecule has 1 aromatic heterocycles. The molecule has 0 amide bonds. The van der Waals surface area contributed by atoms with Crippen LogP contribution in [0.15, 0.2) is 4.52 Å². The highest BCUT2D eigenvalue weighted by Gasteiger charge is 2.30. The van der Waals surface area contributed by atoms with Crippen LogP contribution in [0, 0.1) is 0 Å². The van der Waals surface area contributed by atoms with Gasteiger partial charge in [0.2, 0.25) is 5.89 Å². The van der Waals surface area contributed by atoms with E-state index in [1.165, 1.54) is 0 Å². The zero-order chi connectivity index (χ0) is 13.2. The molecule has 1 unspecified atom stereocenters. The predicted octanol–water partition coefficient (Wildman–Crippen LogP) is 0.207. The van der Waals surface area contributed by atoms with Gasteiger partial charge in [-0.25, -0.2) is 8.42 Å². The fourth-order valence-electron chi connectivity index (χ4n) is 2.03. The lowest BCUT2D eigenvalue weighted by Gasteiger charge is -2.20. The van der Waals surface area contributed by atoms with Crippen molar-refractivity contribution in [2.24, 2.45) is 0 Å². The number of hydrogen-bond donors (Lipinski definition) is 1. The number of aliphatic carboxylic acids is 1. The first kappa shape index (κ1) is 13.0. The molecule has 0 spiro atoms. The second kappa shape index (κ2) is 5.05. The lowest BCUT2D eigenvalue weighted by Crippen LogP contribution is -2.30. The molecule has 0 radical (unpaired) electrons. The zero-order valence-electron chi connectivity index (χ0n) is 9.70. The van der Waals surface area contributed by atoms with Gasteiger partial charge < -0.3 is 9.63 Å². The van der Waals surface area contributed by atoms with Crippen molar-refractivity contribution in [3.63, 3.8) is 0 Å². The van der Waals surface area contributed by atoms with Crippen molar-refractivity contribution in [3.8, 4) is 0 Å². The van der Waals surface area contributed by atoms with Gasteiger partial charge >= 0.3 is 5.97 Å². The van der Waals surface area contributed by atoms with Crippen molar-refractivity contribution in [3.05, 3.63) is 11.7 Å². The lowest BCUT2D eigenvalue weighted by atomic mass is 10.1. The molecule has 0 aliphatic carbocycles. The van der Waals surface area contributed by atoms with Gasteiger partial charge in [0.15, 0.2) is 15.7 Å². The van der Waals surface area contributed by atoms with E-state index < -0.39 is 21.1 Å². The quantitative estimate of drug-likeness (QED) is 0.835. The van der Waals surface area contributed by atoms with Crippen molar-refractivity contribution in [1.29, 1.82) is 0 Å². The van der Waals surface area contributed by atoms with Gasteiger partial charge in [-0.1, -0.05) is 11.6 Å². The molecule has 100 valence electrons. The summed E-state index contributed by atoms with van der Waals surface area (Å²) in [7, 11) is -3.07. The zero-order valence-corrected chi connectivity index (χ0v) is 10.5. The minimum atomic E-state index is -3.07. The van der Waals surface area contributed by atoms with Crippen LogP contribution in [-0.4, -0.2) is 40.6 Å². The monoisotopic (exact) mass is 274 g/mol. The summed E-state index contributed by atoms with van der Waals surface area (Å²) >= 11 is 0. The smallest absolute Gasteiger partial charge is 0.312 e. The summed E-state index contributed by atoms with van der Waals surface area (Å²) in [6.07, 6.45) is 2.04. The number of hydrogen-bond acceptors (Lipinski definition) is 6. The average molecular weight is 274 g/mol. The Kier molecular flexibility index (Phi) is 3.65. The highest BCUT2D eigenvalue weighted by atomic mass is 32.2. The second-order valence-corrected chi connectivity index (χ2v) is 6.76. The van der Waals surface area contributed by atoms with Gasteiger partial charge in [0.25, 0.3) is 0 Å². The van der Waals surface area contributed by atoms with Crippen LogP contribution in [0.3, 0.4) is 0 Å². The number of carboxylic acid groups (broad SMARTS) is 1. The van der Waals surface area contributed by atoms with E-state index in [1.54, 1.807) is 0 Å². The Balaban J connectivity index is 2.04. The van der Waals surface area contributed by atoms with E-state index in [0.29, 0.717) is 12.8 Å². The highest BCUT2D eigenvalue weighted by Crippen LogP contribution is 2.22. The molecular weight excluding hydrogens is 260 g/mol. The number of nitrogens with zero attached hydrogens (tertiary/aromatic N) is 2. The van der Waals surface area contributed by atoms with Gasteiger partial charge in [-0.15, -0.1) is 0 Å². The third-order valence-corrected chi connectivity index (χ3v) is 5.21. The maximum atomic E-state index is 11.8. The van der Waals surface area contributed by atoms with Gasteiger partial charge in [-0.2, -0.15) is 4.98 Å². The van der Waals surface area contributed by atoms with Crippen LogP contribution in [0.5, 0.6) is 0 Å². The molecule has 1 aliphatic rings. The van der Waals surface area contributed by atoms with Crippen molar-refractivity contribution in [1.82, 2.24) is 10.1 Å². The Hall–Kier alpha value is -1.44. The average Bonchev–Trinajstić information content (AvgIpc) is 2.68. The number of rotatable bonds is 4. The lowest BCUT2D eigenvalue weighted by molar-refractivity contribution is -0.136. The molecule has 1 fully saturated rings. The molecule has 1 aromatic rings. The standard InChI is InChI=1S/C10H14N2O5S/c13-10(14)6-9-11-8(12-17-9)5-7-3-1-2-4-18(7,15)16/h7H,1-6H2,(H,13,14). The largest absolute Gasteiger partial charge is 0.481 e. The molecule has 18 heavy (non-hydrogen) atoms. The van der Waals surface area contributed by atoms with Crippen molar-refractivity contribution >= 4 is 15.8 Å². The minimum Gasteiger partial charge on any atom is -0.481 e. The summed E-state index contributed by atoms with van der Waals surface area (Å²) in [4.78, 5) is 14.3. The van der Waals surface area contributed by atoms with E-state index in [-0.39, 0.29) is 30.3 Å². The van der Waals surface area contributed by atoms with Crippen LogP contribution in [0.25, 0.3) is 0 Å².